The smallest absolute Gasteiger partial charge is 0.178 e. The number of rotatable bonds is 3. The molecule has 0 radical (unpaired) electrons. The van der Waals surface area contributed by atoms with E-state index in [4.69, 9.17) is 0 Å². The van der Waals surface area contributed by atoms with Crippen molar-refractivity contribution in [1.82, 2.24) is 0 Å². The second kappa shape index (κ2) is 5.22. The van der Waals surface area contributed by atoms with Gasteiger partial charge in [0.1, 0.15) is 5.78 Å². The molecule has 0 aliphatic heterocycles. The van der Waals surface area contributed by atoms with Gasteiger partial charge in [-0.3, -0.25) is 4.79 Å². The number of hydrogen-bond acceptors (Lipinski definition) is 3. The van der Waals surface area contributed by atoms with Gasteiger partial charge in [0.15, 0.2) is 9.84 Å². The third-order valence-corrected chi connectivity index (χ3v) is 5.38. The molecular weight excluding hydrogens is 248 g/mol. The Morgan fingerprint density at radius 1 is 1.11 bits per heavy atom. The van der Waals surface area contributed by atoms with Crippen LogP contribution < -0.4 is 0 Å². The summed E-state index contributed by atoms with van der Waals surface area (Å²) in [6, 6.07) is 7.15. The maximum Gasteiger partial charge on any atom is 0.178 e. The molecule has 4 heteroatoms. The second-order valence-electron chi connectivity index (χ2n) is 4.79. The monoisotopic (exact) mass is 266 g/mol. The van der Waals surface area contributed by atoms with Crippen LogP contribution in [0.15, 0.2) is 29.2 Å². The van der Waals surface area contributed by atoms with Gasteiger partial charge >= 0.3 is 0 Å². The molecular formula is C14H18O3S. The predicted octanol–water partition coefficient (Wildman–Crippen LogP) is 2.71. The van der Waals surface area contributed by atoms with E-state index < -0.39 is 9.84 Å². The first-order chi connectivity index (χ1) is 8.53. The summed E-state index contributed by atoms with van der Waals surface area (Å²) in [7, 11) is -3.11. The molecule has 0 heterocycles. The molecule has 2 rings (SSSR count). The topological polar surface area (TPSA) is 51.2 Å². The highest BCUT2D eigenvalue weighted by molar-refractivity contribution is 7.91. The van der Waals surface area contributed by atoms with Crippen molar-refractivity contribution in [3.05, 3.63) is 29.8 Å². The van der Waals surface area contributed by atoms with Gasteiger partial charge < -0.3 is 0 Å². The molecule has 1 aliphatic carbocycles. The highest BCUT2D eigenvalue weighted by atomic mass is 32.2. The fraction of sp³-hybridized carbons (Fsp3) is 0.500. The van der Waals surface area contributed by atoms with Crippen LogP contribution in [0.25, 0.3) is 0 Å². The summed E-state index contributed by atoms with van der Waals surface area (Å²) in [5, 5.41) is 0. The Morgan fingerprint density at radius 3 is 2.17 bits per heavy atom. The molecule has 1 aromatic rings. The van der Waals surface area contributed by atoms with Gasteiger partial charge in [-0.1, -0.05) is 19.1 Å². The predicted molar refractivity (Wildman–Crippen MR) is 70.4 cm³/mol. The Morgan fingerprint density at radius 2 is 1.67 bits per heavy atom. The molecule has 1 saturated carbocycles. The zero-order chi connectivity index (χ0) is 13.2. The quantitative estimate of drug-likeness (QED) is 0.845. The first-order valence-electron chi connectivity index (χ1n) is 6.37. The van der Waals surface area contributed by atoms with E-state index in [1.165, 1.54) is 0 Å². The standard InChI is InChI=1S/C14H18O3S/c1-2-18(16,17)14-9-5-12(6-10-14)11-3-7-13(15)8-4-11/h5-6,9-11H,2-4,7-8H2,1H3. The molecule has 0 unspecified atom stereocenters. The molecule has 1 aromatic carbocycles. The normalized spacial score (nSPS) is 17.9. The van der Waals surface area contributed by atoms with Gasteiger partial charge in [-0.2, -0.15) is 0 Å². The third kappa shape index (κ3) is 2.80. The molecule has 1 aliphatic rings. The molecule has 0 saturated heterocycles. The number of carbonyl (C=O) groups is 1. The summed E-state index contributed by atoms with van der Waals surface area (Å²) in [6.45, 7) is 1.65. The van der Waals surface area contributed by atoms with Gasteiger partial charge in [0, 0.05) is 12.8 Å². The first kappa shape index (κ1) is 13.3. The summed E-state index contributed by atoms with van der Waals surface area (Å²) in [5.74, 6) is 0.877. The summed E-state index contributed by atoms with van der Waals surface area (Å²) in [4.78, 5) is 11.6. The molecule has 0 N–H and O–H groups in total. The molecule has 98 valence electrons. The highest BCUT2D eigenvalue weighted by Crippen LogP contribution is 2.31. The lowest BCUT2D eigenvalue weighted by Gasteiger charge is -2.21. The molecule has 0 bridgehead atoms. The second-order valence-corrected chi connectivity index (χ2v) is 7.06. The summed E-state index contributed by atoms with van der Waals surface area (Å²) in [6.07, 6.45) is 3.08. The molecule has 0 atom stereocenters. The van der Waals surface area contributed by atoms with Crippen molar-refractivity contribution in [1.29, 1.82) is 0 Å². The Labute approximate surface area is 108 Å². The van der Waals surface area contributed by atoms with Crippen molar-refractivity contribution in [3.8, 4) is 0 Å². The van der Waals surface area contributed by atoms with Crippen molar-refractivity contribution >= 4 is 15.6 Å². The Bertz CT molecular complexity index is 519. The van der Waals surface area contributed by atoms with Gasteiger partial charge in [-0.05, 0) is 36.5 Å². The summed E-state index contributed by atoms with van der Waals surface area (Å²) >= 11 is 0. The summed E-state index contributed by atoms with van der Waals surface area (Å²) in [5.41, 5.74) is 1.15. The van der Waals surface area contributed by atoms with Crippen LogP contribution in [0.3, 0.4) is 0 Å². The van der Waals surface area contributed by atoms with E-state index in [9.17, 15) is 13.2 Å². The van der Waals surface area contributed by atoms with E-state index in [0.717, 1.165) is 18.4 Å². The van der Waals surface area contributed by atoms with Gasteiger partial charge in [0.05, 0.1) is 10.6 Å². The van der Waals surface area contributed by atoms with Gasteiger partial charge in [0.25, 0.3) is 0 Å². The van der Waals surface area contributed by atoms with Crippen LogP contribution in [0, 0.1) is 0 Å². The van der Waals surface area contributed by atoms with Crippen LogP contribution in [0.4, 0.5) is 0 Å². The van der Waals surface area contributed by atoms with Crippen molar-refractivity contribution in [2.45, 2.75) is 43.4 Å². The van der Waals surface area contributed by atoms with E-state index in [1.807, 2.05) is 12.1 Å². The van der Waals surface area contributed by atoms with E-state index in [-0.39, 0.29) is 5.75 Å². The Hall–Kier alpha value is -1.16. The van der Waals surface area contributed by atoms with Gasteiger partial charge in [-0.25, -0.2) is 8.42 Å². The number of sulfone groups is 1. The van der Waals surface area contributed by atoms with Crippen LogP contribution >= 0.6 is 0 Å². The molecule has 0 spiro atoms. The lowest BCUT2D eigenvalue weighted by Crippen LogP contribution is -2.12. The van der Waals surface area contributed by atoms with Crippen LogP contribution in [-0.2, 0) is 14.6 Å². The number of Topliss-reactive ketones (excluding diaryl/α,β-unsaturated/α-hetero) is 1. The molecule has 1 fully saturated rings. The van der Waals surface area contributed by atoms with Crippen molar-refractivity contribution < 1.29 is 13.2 Å². The zero-order valence-electron chi connectivity index (χ0n) is 10.6. The maximum atomic E-state index is 11.7. The number of carbonyl (C=O) groups excluding carboxylic acids is 1. The maximum absolute atomic E-state index is 11.7. The number of ketones is 1. The van der Waals surface area contributed by atoms with Crippen molar-refractivity contribution in [2.75, 3.05) is 5.75 Å². The number of benzene rings is 1. The molecule has 3 nitrogen and oxygen atoms in total. The average molecular weight is 266 g/mol. The zero-order valence-corrected chi connectivity index (χ0v) is 11.4. The first-order valence-corrected chi connectivity index (χ1v) is 8.02. The fourth-order valence-corrected chi connectivity index (χ4v) is 3.27. The van der Waals surface area contributed by atoms with Crippen LogP contribution in [0.1, 0.15) is 44.1 Å². The fourth-order valence-electron chi connectivity index (χ4n) is 2.39. The number of hydrogen-bond donors (Lipinski definition) is 0. The van der Waals surface area contributed by atoms with E-state index in [1.54, 1.807) is 19.1 Å². The molecule has 0 amide bonds. The third-order valence-electron chi connectivity index (χ3n) is 3.63. The molecule has 0 aromatic heterocycles. The van der Waals surface area contributed by atoms with E-state index >= 15 is 0 Å². The average Bonchev–Trinajstić information content (AvgIpc) is 2.40. The van der Waals surface area contributed by atoms with E-state index in [0.29, 0.717) is 29.4 Å². The minimum atomic E-state index is -3.11. The minimum Gasteiger partial charge on any atom is -0.300 e. The van der Waals surface area contributed by atoms with Crippen LogP contribution in [0.5, 0.6) is 0 Å². The lowest BCUT2D eigenvalue weighted by atomic mass is 9.83. The minimum absolute atomic E-state index is 0.129. The lowest BCUT2D eigenvalue weighted by molar-refractivity contribution is -0.120. The Balaban J connectivity index is 2.15. The SMILES string of the molecule is CCS(=O)(=O)c1ccc(C2CCC(=O)CC2)cc1. The van der Waals surface area contributed by atoms with Gasteiger partial charge in [-0.15, -0.1) is 0 Å². The Kier molecular flexibility index (Phi) is 3.85. The summed E-state index contributed by atoms with van der Waals surface area (Å²) < 4.78 is 23.4. The van der Waals surface area contributed by atoms with Crippen LogP contribution in [-0.4, -0.2) is 20.0 Å². The van der Waals surface area contributed by atoms with Gasteiger partial charge in [0.2, 0.25) is 0 Å². The van der Waals surface area contributed by atoms with Crippen molar-refractivity contribution in [3.63, 3.8) is 0 Å². The van der Waals surface area contributed by atoms with E-state index in [2.05, 4.69) is 0 Å². The molecule has 18 heavy (non-hydrogen) atoms. The highest BCUT2D eigenvalue weighted by Gasteiger charge is 2.20. The van der Waals surface area contributed by atoms with Crippen LogP contribution in [0.2, 0.25) is 0 Å². The van der Waals surface area contributed by atoms with Crippen molar-refractivity contribution in [2.24, 2.45) is 0 Å². The largest absolute Gasteiger partial charge is 0.300 e.